The van der Waals surface area contributed by atoms with Gasteiger partial charge in [-0.15, -0.1) is 0 Å². The lowest BCUT2D eigenvalue weighted by molar-refractivity contribution is -0.143. The van der Waals surface area contributed by atoms with E-state index in [-0.39, 0.29) is 25.3 Å². The molecule has 0 fully saturated rings. The van der Waals surface area contributed by atoms with Crippen LogP contribution in [0.1, 0.15) is 81.5 Å². The molecule has 43 heavy (non-hydrogen) atoms. The van der Waals surface area contributed by atoms with E-state index in [2.05, 4.69) is 77.2 Å². The summed E-state index contributed by atoms with van der Waals surface area (Å²) in [5.74, 6) is -2.56. The summed E-state index contributed by atoms with van der Waals surface area (Å²) in [6.45, 7) is 3.21. The minimum Gasteiger partial charge on any atom is -0.506 e. The second-order valence-corrected chi connectivity index (χ2v) is 9.75. The van der Waals surface area contributed by atoms with E-state index in [4.69, 9.17) is 0 Å². The summed E-state index contributed by atoms with van der Waals surface area (Å²) in [6.07, 6.45) is 32.2. The number of carboxylic acid groups (broad SMARTS) is 1. The van der Waals surface area contributed by atoms with Gasteiger partial charge in [0.1, 0.15) is 11.8 Å². The van der Waals surface area contributed by atoms with E-state index in [0.717, 1.165) is 38.5 Å². The lowest BCUT2D eigenvalue weighted by Gasteiger charge is -2.16. The highest BCUT2D eigenvalue weighted by atomic mass is 16.4. The first-order chi connectivity index (χ1) is 20.8. The largest absolute Gasteiger partial charge is 0.506 e. The third kappa shape index (κ3) is 17.3. The van der Waals surface area contributed by atoms with Gasteiger partial charge >= 0.3 is 5.97 Å². The number of aromatic nitrogens is 1. The molecule has 234 valence electrons. The Kier molecular flexibility index (Phi) is 20.0. The number of nitrogens with zero attached hydrogens (tertiary/aromatic N) is 1. The van der Waals surface area contributed by atoms with Crippen LogP contribution >= 0.6 is 0 Å². The number of amides is 2. The number of aromatic hydroxyl groups is 1. The number of aryl methyl sites for hydroxylation is 1. The summed E-state index contributed by atoms with van der Waals surface area (Å²) in [7, 11) is 0. The molecular formula is C34H47N3O6. The Hall–Kier alpha value is -4.24. The number of nitrogens with one attached hydrogen (secondary N) is 2. The number of aliphatic carboxylic acids is 1. The number of carbonyl (C=O) groups is 3. The van der Waals surface area contributed by atoms with Crippen LogP contribution in [0.15, 0.2) is 79.1 Å². The van der Waals surface area contributed by atoms with Gasteiger partial charge in [-0.2, -0.15) is 0 Å². The average Bonchev–Trinajstić information content (AvgIpc) is 2.98. The van der Waals surface area contributed by atoms with E-state index in [1.807, 2.05) is 18.2 Å². The molecule has 1 aromatic heterocycles. The molecule has 1 rings (SSSR count). The van der Waals surface area contributed by atoms with Crippen LogP contribution in [0, 0.1) is 6.92 Å². The van der Waals surface area contributed by atoms with Crippen molar-refractivity contribution in [2.75, 3.05) is 0 Å². The van der Waals surface area contributed by atoms with E-state index < -0.39 is 30.2 Å². The van der Waals surface area contributed by atoms with Crippen molar-refractivity contribution in [1.82, 2.24) is 15.6 Å². The molecule has 2 amide bonds. The van der Waals surface area contributed by atoms with Crippen molar-refractivity contribution in [2.45, 2.75) is 90.8 Å². The van der Waals surface area contributed by atoms with Crippen LogP contribution in [0.25, 0.3) is 0 Å². The first-order valence-electron chi connectivity index (χ1n) is 14.8. The molecule has 0 aliphatic rings. The Balaban J connectivity index is 2.27. The van der Waals surface area contributed by atoms with Crippen molar-refractivity contribution in [3.05, 3.63) is 95.9 Å². The van der Waals surface area contributed by atoms with Crippen LogP contribution in [0.5, 0.6) is 5.75 Å². The molecule has 0 saturated carbocycles. The maximum atomic E-state index is 12.3. The lowest BCUT2D eigenvalue weighted by Crippen LogP contribution is -2.44. The van der Waals surface area contributed by atoms with E-state index in [9.17, 15) is 29.7 Å². The van der Waals surface area contributed by atoms with Gasteiger partial charge in [0.2, 0.25) is 11.8 Å². The topological polar surface area (TPSA) is 149 Å². The molecule has 1 atom stereocenters. The van der Waals surface area contributed by atoms with Crippen LogP contribution in [0.2, 0.25) is 0 Å². The molecule has 0 bridgehead atoms. The van der Waals surface area contributed by atoms with E-state index >= 15 is 0 Å². The van der Waals surface area contributed by atoms with Crippen LogP contribution < -0.4 is 10.6 Å². The Labute approximate surface area is 255 Å². The molecule has 5 N–H and O–H groups in total. The first kappa shape index (κ1) is 36.8. The second-order valence-electron chi connectivity index (χ2n) is 9.75. The van der Waals surface area contributed by atoms with E-state index in [0.29, 0.717) is 23.2 Å². The molecule has 0 spiro atoms. The number of carbonyl (C=O) groups excluding carboxylic acids is 2. The fraction of sp³-hybridized carbons (Fsp3) is 0.412. The fourth-order valence-electron chi connectivity index (χ4n) is 3.78. The minimum absolute atomic E-state index is 0.0948. The van der Waals surface area contributed by atoms with Gasteiger partial charge in [-0.3, -0.25) is 14.6 Å². The Morgan fingerprint density at radius 2 is 1.35 bits per heavy atom. The SMILES string of the molecule is CC/C=C\C/C=C\C/C=C\C/C=C\C/C=C\C/C=C\CCC(=O)N[C@@H](CC(=O)NCc1c(CO)cnc(C)c1O)C(=O)O. The molecule has 0 aliphatic carbocycles. The Morgan fingerprint density at radius 1 is 0.837 bits per heavy atom. The van der Waals surface area contributed by atoms with Crippen LogP contribution in [0.3, 0.4) is 0 Å². The third-order valence-electron chi connectivity index (χ3n) is 6.22. The van der Waals surface area contributed by atoms with Gasteiger partial charge < -0.3 is 26.0 Å². The highest BCUT2D eigenvalue weighted by Crippen LogP contribution is 2.23. The van der Waals surface area contributed by atoms with Gasteiger partial charge in [0.05, 0.1) is 18.7 Å². The number of allylic oxidation sites excluding steroid dienone is 12. The maximum Gasteiger partial charge on any atom is 0.326 e. The van der Waals surface area contributed by atoms with Crippen LogP contribution in [-0.2, 0) is 27.5 Å². The quantitative estimate of drug-likeness (QED) is 0.116. The normalized spacial score (nSPS) is 12.9. The molecular weight excluding hydrogens is 546 g/mol. The van der Waals surface area contributed by atoms with Crippen molar-refractivity contribution in [3.8, 4) is 5.75 Å². The summed E-state index contributed by atoms with van der Waals surface area (Å²) in [4.78, 5) is 40.1. The Bertz CT molecular complexity index is 1180. The second kappa shape index (κ2) is 23.3. The van der Waals surface area contributed by atoms with E-state index in [1.165, 1.54) is 6.20 Å². The molecule has 1 heterocycles. The monoisotopic (exact) mass is 593 g/mol. The average molecular weight is 594 g/mol. The molecule has 0 radical (unpaired) electrons. The summed E-state index contributed by atoms with van der Waals surface area (Å²) in [5, 5.41) is 34.0. The number of aliphatic hydroxyl groups is 1. The van der Waals surface area contributed by atoms with Gasteiger partial charge in [0.15, 0.2) is 0 Å². The minimum atomic E-state index is -1.39. The van der Waals surface area contributed by atoms with Gasteiger partial charge in [0.25, 0.3) is 0 Å². The molecule has 0 aromatic carbocycles. The zero-order valence-electron chi connectivity index (χ0n) is 25.4. The van der Waals surface area contributed by atoms with Crippen LogP contribution in [-0.4, -0.2) is 44.1 Å². The van der Waals surface area contributed by atoms with Crippen molar-refractivity contribution in [3.63, 3.8) is 0 Å². The predicted octanol–water partition coefficient (Wildman–Crippen LogP) is 5.64. The van der Waals surface area contributed by atoms with Gasteiger partial charge in [-0.05, 0) is 51.9 Å². The highest BCUT2D eigenvalue weighted by molar-refractivity contribution is 5.88. The molecule has 9 heteroatoms. The number of hydrogen-bond donors (Lipinski definition) is 5. The zero-order valence-corrected chi connectivity index (χ0v) is 25.4. The first-order valence-corrected chi connectivity index (χ1v) is 14.8. The highest BCUT2D eigenvalue weighted by Gasteiger charge is 2.23. The summed E-state index contributed by atoms with van der Waals surface area (Å²) >= 11 is 0. The summed E-state index contributed by atoms with van der Waals surface area (Å²) < 4.78 is 0. The van der Waals surface area contributed by atoms with Gasteiger partial charge in [0, 0.05) is 30.3 Å². The molecule has 1 aromatic rings. The van der Waals surface area contributed by atoms with Crippen molar-refractivity contribution < 1.29 is 29.7 Å². The maximum absolute atomic E-state index is 12.3. The molecule has 0 unspecified atom stereocenters. The lowest BCUT2D eigenvalue weighted by atomic mass is 10.1. The van der Waals surface area contributed by atoms with Crippen LogP contribution in [0.4, 0.5) is 0 Å². The third-order valence-corrected chi connectivity index (χ3v) is 6.22. The van der Waals surface area contributed by atoms with E-state index in [1.54, 1.807) is 6.92 Å². The fourth-order valence-corrected chi connectivity index (χ4v) is 3.78. The smallest absolute Gasteiger partial charge is 0.326 e. The predicted molar refractivity (Wildman–Crippen MR) is 170 cm³/mol. The van der Waals surface area contributed by atoms with Gasteiger partial charge in [-0.25, -0.2) is 4.79 Å². The van der Waals surface area contributed by atoms with Crippen molar-refractivity contribution >= 4 is 17.8 Å². The number of rotatable bonds is 21. The standard InChI is InChI=1S/C34H47N3O6/c1-3-4-5-6-7-8-9-10-11-12-13-14-15-16-17-18-19-20-21-22-31(39)37-30(34(42)43)23-32(40)36-25-29-28(26-38)24-35-27(2)33(29)41/h4-5,7-8,10-11,13-14,16-17,19-20,24,30,38,41H,3,6,9,12,15,18,21-23,25-26H2,1-2H3,(H,36,40)(H,37,39)(H,42,43)/b5-4-,8-7-,11-10-,14-13-,17-16-,20-19-/t30-/m0/s1. The van der Waals surface area contributed by atoms with Crippen molar-refractivity contribution in [1.29, 1.82) is 0 Å². The number of carboxylic acids is 1. The van der Waals surface area contributed by atoms with Crippen molar-refractivity contribution in [2.24, 2.45) is 0 Å². The summed E-state index contributed by atoms with van der Waals surface area (Å²) in [5.41, 5.74) is 0.987. The zero-order chi connectivity index (χ0) is 31.7. The Morgan fingerprint density at radius 3 is 1.84 bits per heavy atom. The number of pyridine rings is 1. The number of hydrogen-bond acceptors (Lipinski definition) is 6. The molecule has 0 saturated heterocycles. The summed E-state index contributed by atoms with van der Waals surface area (Å²) in [6, 6.07) is -1.39. The van der Waals surface area contributed by atoms with Gasteiger partial charge in [-0.1, -0.05) is 79.8 Å². The molecule has 0 aliphatic heterocycles. The molecule has 9 nitrogen and oxygen atoms in total. The number of aliphatic hydroxyl groups excluding tert-OH is 1.